The van der Waals surface area contributed by atoms with Crippen molar-refractivity contribution >= 4 is 11.8 Å². The second-order valence-electron chi connectivity index (χ2n) is 8.59. The van der Waals surface area contributed by atoms with E-state index >= 15 is 0 Å². The van der Waals surface area contributed by atoms with E-state index in [9.17, 15) is 9.59 Å². The van der Waals surface area contributed by atoms with E-state index in [1.54, 1.807) is 12.2 Å². The summed E-state index contributed by atoms with van der Waals surface area (Å²) in [5.74, 6) is -0.0905. The van der Waals surface area contributed by atoms with Gasteiger partial charge >= 0.3 is 0 Å². The number of carbonyl (C=O) groups is 2. The van der Waals surface area contributed by atoms with Crippen LogP contribution in [-0.4, -0.2) is 47.3 Å². The van der Waals surface area contributed by atoms with Crippen molar-refractivity contribution in [1.29, 1.82) is 0 Å². The van der Waals surface area contributed by atoms with Crippen molar-refractivity contribution in [3.63, 3.8) is 0 Å². The lowest BCUT2D eigenvalue weighted by molar-refractivity contribution is -0.117. The van der Waals surface area contributed by atoms with Crippen LogP contribution in [0.25, 0.3) is 0 Å². The van der Waals surface area contributed by atoms with Crippen LogP contribution in [0, 0.1) is 0 Å². The molecule has 0 aromatic heterocycles. The normalized spacial score (nSPS) is 18.8. The van der Waals surface area contributed by atoms with Crippen LogP contribution in [0.3, 0.4) is 0 Å². The number of nitrogens with one attached hydrogen (secondary N) is 2. The maximum atomic E-state index is 12.1. The Morgan fingerprint density at radius 1 is 0.645 bits per heavy atom. The zero-order chi connectivity index (χ0) is 22.6. The van der Waals surface area contributed by atoms with Gasteiger partial charge in [0.25, 0.3) is 0 Å². The smallest absolute Gasteiger partial charge is 0.243 e. The molecule has 1 fully saturated rings. The predicted molar refractivity (Wildman–Crippen MR) is 126 cm³/mol. The lowest BCUT2D eigenvalue weighted by Gasteiger charge is -2.13. The van der Waals surface area contributed by atoms with Gasteiger partial charge < -0.3 is 20.8 Å². The van der Waals surface area contributed by atoms with Crippen LogP contribution >= 0.6 is 0 Å². The Kier molecular flexibility index (Phi) is 16.8. The number of hydrogen-bond donors (Lipinski definition) is 4. The second-order valence-corrected chi connectivity index (χ2v) is 8.59. The molecule has 0 aromatic rings. The SMILES string of the molecule is O=C(C=CCCCCCCCO)N[C@@H]1CC[C@H](NC(=O)C=CCCCCCCCO)C1. The van der Waals surface area contributed by atoms with Crippen LogP contribution in [0.1, 0.15) is 96.3 Å². The van der Waals surface area contributed by atoms with Crippen molar-refractivity contribution in [2.45, 2.75) is 108 Å². The number of aliphatic hydroxyl groups is 2. The van der Waals surface area contributed by atoms with E-state index in [-0.39, 0.29) is 37.1 Å². The fraction of sp³-hybridized carbons (Fsp3) is 0.760. The first-order valence-corrected chi connectivity index (χ1v) is 12.3. The second kappa shape index (κ2) is 19.1. The highest BCUT2D eigenvalue weighted by Gasteiger charge is 2.26. The van der Waals surface area contributed by atoms with E-state index in [2.05, 4.69) is 10.6 Å². The van der Waals surface area contributed by atoms with Gasteiger partial charge in [0.15, 0.2) is 0 Å². The fourth-order valence-corrected chi connectivity index (χ4v) is 3.93. The highest BCUT2D eigenvalue weighted by molar-refractivity contribution is 5.88. The molecule has 178 valence electrons. The molecule has 6 heteroatoms. The molecule has 6 nitrogen and oxygen atoms in total. The molecule has 0 heterocycles. The molecule has 0 aromatic carbocycles. The molecule has 1 saturated carbocycles. The molecule has 0 unspecified atom stereocenters. The molecular formula is C25H44N2O4. The van der Waals surface area contributed by atoms with Gasteiger partial charge in [0.05, 0.1) is 0 Å². The van der Waals surface area contributed by atoms with E-state index in [0.717, 1.165) is 96.3 Å². The van der Waals surface area contributed by atoms with Crippen LogP contribution in [-0.2, 0) is 9.59 Å². The Hall–Kier alpha value is -1.66. The minimum absolute atomic E-state index is 0.0452. The predicted octanol–water partition coefficient (Wildman–Crippen LogP) is 3.92. The Morgan fingerprint density at radius 2 is 1.03 bits per heavy atom. The third kappa shape index (κ3) is 15.7. The van der Waals surface area contributed by atoms with Gasteiger partial charge in [0.2, 0.25) is 11.8 Å². The zero-order valence-corrected chi connectivity index (χ0v) is 19.2. The van der Waals surface area contributed by atoms with Crippen LogP contribution in [0.15, 0.2) is 24.3 Å². The summed E-state index contributed by atoms with van der Waals surface area (Å²) in [6.45, 7) is 0.547. The first kappa shape index (κ1) is 27.4. The summed E-state index contributed by atoms with van der Waals surface area (Å²) in [6, 6.07) is 0.257. The summed E-state index contributed by atoms with van der Waals surface area (Å²) in [4.78, 5) is 24.1. The van der Waals surface area contributed by atoms with Crippen LogP contribution in [0.4, 0.5) is 0 Å². The molecule has 4 N–H and O–H groups in total. The van der Waals surface area contributed by atoms with Gasteiger partial charge in [-0.05, 0) is 69.9 Å². The highest BCUT2D eigenvalue weighted by atomic mass is 16.3. The van der Waals surface area contributed by atoms with Gasteiger partial charge in [-0.3, -0.25) is 9.59 Å². The van der Waals surface area contributed by atoms with E-state index in [4.69, 9.17) is 10.2 Å². The molecule has 1 aliphatic carbocycles. The monoisotopic (exact) mass is 436 g/mol. The Bertz CT molecular complexity index is 488. The first-order chi connectivity index (χ1) is 15.2. The molecule has 2 atom stereocenters. The standard InChI is InChI=1S/C25H44N2O4/c28-19-13-9-5-1-3-7-11-15-24(30)26-22-17-18-23(21-22)27-25(31)16-12-8-4-2-6-10-14-20-29/h11-12,15-16,22-23,28-29H,1-10,13-14,17-21H2,(H,26,30)(H,27,31)/t22-,23+. The zero-order valence-electron chi connectivity index (χ0n) is 19.2. The quantitative estimate of drug-likeness (QED) is 0.193. The summed E-state index contributed by atoms with van der Waals surface area (Å²) >= 11 is 0. The molecule has 1 rings (SSSR count). The topological polar surface area (TPSA) is 98.7 Å². The van der Waals surface area contributed by atoms with Crippen LogP contribution in [0.5, 0.6) is 0 Å². The number of amides is 2. The van der Waals surface area contributed by atoms with Gasteiger partial charge in [0.1, 0.15) is 0 Å². The minimum Gasteiger partial charge on any atom is -0.396 e. The highest BCUT2D eigenvalue weighted by Crippen LogP contribution is 2.19. The lowest BCUT2D eigenvalue weighted by atomic mass is 10.1. The molecule has 0 aliphatic heterocycles. The van der Waals surface area contributed by atoms with Crippen molar-refractivity contribution in [1.82, 2.24) is 10.6 Å². The summed E-state index contributed by atoms with van der Waals surface area (Å²) in [6.07, 6.45) is 22.1. The van der Waals surface area contributed by atoms with Crippen LogP contribution < -0.4 is 10.6 Å². The lowest BCUT2D eigenvalue weighted by Crippen LogP contribution is -2.36. The summed E-state index contributed by atoms with van der Waals surface area (Å²) in [5.41, 5.74) is 0. The number of carbonyl (C=O) groups excluding carboxylic acids is 2. The van der Waals surface area contributed by atoms with Gasteiger partial charge in [-0.2, -0.15) is 0 Å². The summed E-state index contributed by atoms with van der Waals surface area (Å²) in [7, 11) is 0. The maximum Gasteiger partial charge on any atom is 0.243 e. The van der Waals surface area contributed by atoms with E-state index < -0.39 is 0 Å². The van der Waals surface area contributed by atoms with E-state index in [1.165, 1.54) is 0 Å². The largest absolute Gasteiger partial charge is 0.396 e. The van der Waals surface area contributed by atoms with Crippen molar-refractivity contribution in [2.75, 3.05) is 13.2 Å². The molecule has 0 spiro atoms. The number of unbranched alkanes of at least 4 members (excludes halogenated alkanes) is 10. The number of aliphatic hydroxyl groups excluding tert-OH is 2. The molecule has 0 radical (unpaired) electrons. The molecule has 0 bridgehead atoms. The van der Waals surface area contributed by atoms with Crippen molar-refractivity contribution in [3.8, 4) is 0 Å². The van der Waals surface area contributed by atoms with Crippen LogP contribution in [0.2, 0.25) is 0 Å². The third-order valence-electron chi connectivity index (χ3n) is 5.72. The summed E-state index contributed by atoms with van der Waals surface area (Å²) in [5, 5.41) is 23.6. The molecule has 2 amide bonds. The van der Waals surface area contributed by atoms with Crippen molar-refractivity contribution in [2.24, 2.45) is 0 Å². The van der Waals surface area contributed by atoms with Gasteiger partial charge in [0, 0.05) is 25.3 Å². The Labute approximate surface area is 188 Å². The van der Waals surface area contributed by atoms with Crippen molar-refractivity contribution < 1.29 is 19.8 Å². The van der Waals surface area contributed by atoms with E-state index in [0.29, 0.717) is 0 Å². The molecule has 0 saturated heterocycles. The van der Waals surface area contributed by atoms with Gasteiger partial charge in [-0.15, -0.1) is 0 Å². The van der Waals surface area contributed by atoms with E-state index in [1.807, 2.05) is 12.2 Å². The number of allylic oxidation sites excluding steroid dienone is 2. The molecule has 31 heavy (non-hydrogen) atoms. The summed E-state index contributed by atoms with van der Waals surface area (Å²) < 4.78 is 0. The maximum absolute atomic E-state index is 12.1. The fourth-order valence-electron chi connectivity index (χ4n) is 3.93. The van der Waals surface area contributed by atoms with Gasteiger partial charge in [-0.25, -0.2) is 0 Å². The molecular weight excluding hydrogens is 392 g/mol. The minimum atomic E-state index is -0.0452. The molecule has 1 aliphatic rings. The van der Waals surface area contributed by atoms with Crippen molar-refractivity contribution in [3.05, 3.63) is 24.3 Å². The average Bonchev–Trinajstić information content (AvgIpc) is 3.18. The average molecular weight is 437 g/mol. The Balaban J connectivity index is 2.07. The first-order valence-electron chi connectivity index (χ1n) is 12.3. The number of rotatable bonds is 18. The van der Waals surface area contributed by atoms with Gasteiger partial charge in [-0.1, -0.05) is 50.7 Å². The Morgan fingerprint density at radius 3 is 1.45 bits per heavy atom. The number of hydrogen-bond acceptors (Lipinski definition) is 4. The third-order valence-corrected chi connectivity index (χ3v) is 5.72.